The second-order valence-electron chi connectivity index (χ2n) is 6.83. The molecular weight excluding hydrogens is 452 g/mol. The standard InChI is InChI=1S/C21H20N4O5S2/c1-2-30-20(26)9-10-25-13-19(31)23-18-8-5-15(11-17(18)21(25)27)24-32(28,29)16-6-3-14(12-22)4-7-16/h3-8,11,24H,2,9-10,13H2,1H3,(H,23,31). The fourth-order valence-electron chi connectivity index (χ4n) is 3.06. The van der Waals surface area contributed by atoms with Gasteiger partial charge in [-0.3, -0.25) is 14.3 Å². The van der Waals surface area contributed by atoms with Gasteiger partial charge in [-0.2, -0.15) is 5.26 Å². The number of ether oxygens (including phenoxy) is 1. The molecule has 0 unspecified atom stereocenters. The van der Waals surface area contributed by atoms with Crippen molar-refractivity contribution in [2.24, 2.45) is 0 Å². The summed E-state index contributed by atoms with van der Waals surface area (Å²) in [6.07, 6.45) is 0.0164. The SMILES string of the molecule is CCOC(=O)CCN1CC(=S)Nc2ccc(NS(=O)(=O)c3ccc(C#N)cc3)cc2C1=O. The highest BCUT2D eigenvalue weighted by Gasteiger charge is 2.26. The second kappa shape index (κ2) is 9.76. The average molecular weight is 473 g/mol. The molecule has 0 fully saturated rings. The van der Waals surface area contributed by atoms with Crippen LogP contribution in [0.4, 0.5) is 11.4 Å². The molecule has 0 aliphatic carbocycles. The Morgan fingerprint density at radius 2 is 2.00 bits per heavy atom. The molecule has 0 saturated carbocycles. The Kier molecular flexibility index (Phi) is 7.07. The number of hydrogen-bond acceptors (Lipinski definition) is 7. The van der Waals surface area contributed by atoms with Crippen molar-refractivity contribution in [2.75, 3.05) is 29.7 Å². The summed E-state index contributed by atoms with van der Waals surface area (Å²) in [5.41, 5.74) is 1.18. The molecule has 1 amide bonds. The van der Waals surface area contributed by atoms with Gasteiger partial charge in [0.1, 0.15) is 0 Å². The van der Waals surface area contributed by atoms with Gasteiger partial charge in [-0.25, -0.2) is 8.42 Å². The predicted octanol–water partition coefficient (Wildman–Crippen LogP) is 2.51. The number of thiocarbonyl (C=S) groups is 1. The molecule has 2 aromatic carbocycles. The van der Waals surface area contributed by atoms with E-state index in [4.69, 9.17) is 22.2 Å². The monoisotopic (exact) mass is 472 g/mol. The van der Waals surface area contributed by atoms with E-state index in [-0.39, 0.29) is 42.3 Å². The number of sulfonamides is 1. The number of amides is 1. The molecule has 166 valence electrons. The number of esters is 1. The first-order valence-electron chi connectivity index (χ1n) is 9.65. The van der Waals surface area contributed by atoms with Crippen molar-refractivity contribution >= 4 is 50.5 Å². The van der Waals surface area contributed by atoms with Crippen LogP contribution in [0.5, 0.6) is 0 Å². The van der Waals surface area contributed by atoms with Crippen molar-refractivity contribution in [3.05, 3.63) is 53.6 Å². The van der Waals surface area contributed by atoms with Crippen LogP contribution in [0.3, 0.4) is 0 Å². The number of carbonyl (C=O) groups excluding carboxylic acids is 2. The molecule has 3 rings (SSSR count). The molecule has 11 heteroatoms. The van der Waals surface area contributed by atoms with E-state index in [0.717, 1.165) is 0 Å². The molecule has 2 aromatic rings. The predicted molar refractivity (Wildman–Crippen MR) is 122 cm³/mol. The highest BCUT2D eigenvalue weighted by Crippen LogP contribution is 2.26. The zero-order chi connectivity index (χ0) is 23.3. The zero-order valence-corrected chi connectivity index (χ0v) is 18.8. The summed E-state index contributed by atoms with van der Waals surface area (Å²) in [7, 11) is -3.94. The number of rotatable bonds is 7. The van der Waals surface area contributed by atoms with E-state index in [0.29, 0.717) is 16.2 Å². The first kappa shape index (κ1) is 23.2. The number of nitrogens with zero attached hydrogens (tertiary/aromatic N) is 2. The van der Waals surface area contributed by atoms with Crippen LogP contribution in [0.15, 0.2) is 47.4 Å². The molecule has 1 heterocycles. The van der Waals surface area contributed by atoms with Crippen molar-refractivity contribution in [1.82, 2.24) is 4.90 Å². The number of benzene rings is 2. The van der Waals surface area contributed by atoms with Gasteiger partial charge in [-0.05, 0) is 49.4 Å². The fourth-order valence-corrected chi connectivity index (χ4v) is 4.38. The number of fused-ring (bicyclic) bond motifs is 1. The topological polar surface area (TPSA) is 129 Å². The molecule has 9 nitrogen and oxygen atoms in total. The molecular formula is C21H20N4O5S2. The number of hydrogen-bond donors (Lipinski definition) is 2. The first-order valence-corrected chi connectivity index (χ1v) is 11.5. The Bertz CT molecular complexity index is 1200. The molecule has 32 heavy (non-hydrogen) atoms. The summed E-state index contributed by atoms with van der Waals surface area (Å²) in [5.74, 6) is -0.816. The second-order valence-corrected chi connectivity index (χ2v) is 9.01. The molecule has 0 bridgehead atoms. The zero-order valence-electron chi connectivity index (χ0n) is 17.1. The maximum atomic E-state index is 13.1. The van der Waals surface area contributed by atoms with Crippen LogP contribution >= 0.6 is 12.2 Å². The lowest BCUT2D eigenvalue weighted by Gasteiger charge is -2.20. The number of anilines is 2. The minimum absolute atomic E-state index is 0.0164. The maximum absolute atomic E-state index is 13.1. The highest BCUT2D eigenvalue weighted by atomic mass is 32.2. The Morgan fingerprint density at radius 3 is 2.66 bits per heavy atom. The first-order chi connectivity index (χ1) is 15.2. The van der Waals surface area contributed by atoms with E-state index < -0.39 is 21.9 Å². The molecule has 0 saturated heterocycles. The smallest absolute Gasteiger partial charge is 0.307 e. The van der Waals surface area contributed by atoms with Gasteiger partial charge in [-0.1, -0.05) is 12.2 Å². The molecule has 0 aromatic heterocycles. The summed E-state index contributed by atoms with van der Waals surface area (Å²) in [4.78, 5) is 26.6. The van der Waals surface area contributed by atoms with Gasteiger partial charge in [0.2, 0.25) is 0 Å². The molecule has 0 radical (unpaired) electrons. The number of nitriles is 1. The lowest BCUT2D eigenvalue weighted by atomic mass is 10.1. The van der Waals surface area contributed by atoms with Crippen molar-refractivity contribution in [1.29, 1.82) is 5.26 Å². The fraction of sp³-hybridized carbons (Fsp3) is 0.238. The maximum Gasteiger partial charge on any atom is 0.307 e. The molecule has 2 N–H and O–H groups in total. The minimum Gasteiger partial charge on any atom is -0.466 e. The third-order valence-corrected chi connectivity index (χ3v) is 6.21. The average Bonchev–Trinajstić information content (AvgIpc) is 2.88. The summed E-state index contributed by atoms with van der Waals surface area (Å²) in [6.45, 7) is 2.18. The van der Waals surface area contributed by atoms with Gasteiger partial charge in [0.15, 0.2) is 0 Å². The molecule has 0 spiro atoms. The summed E-state index contributed by atoms with van der Waals surface area (Å²) < 4.78 is 32.7. The number of nitrogens with one attached hydrogen (secondary N) is 2. The quantitative estimate of drug-likeness (QED) is 0.465. The Hall–Kier alpha value is -3.49. The van der Waals surface area contributed by atoms with E-state index in [2.05, 4.69) is 10.0 Å². The van der Waals surface area contributed by atoms with E-state index in [1.54, 1.807) is 13.0 Å². The van der Waals surface area contributed by atoms with Crippen LogP contribution in [0, 0.1) is 11.3 Å². The van der Waals surface area contributed by atoms with Crippen molar-refractivity contribution in [3.8, 4) is 6.07 Å². The number of carbonyl (C=O) groups is 2. The normalized spacial score (nSPS) is 13.4. The van der Waals surface area contributed by atoms with E-state index in [1.807, 2.05) is 6.07 Å². The largest absolute Gasteiger partial charge is 0.466 e. The van der Waals surface area contributed by atoms with E-state index in [1.165, 1.54) is 41.3 Å². The van der Waals surface area contributed by atoms with Gasteiger partial charge >= 0.3 is 5.97 Å². The van der Waals surface area contributed by atoms with Crippen LogP contribution in [0.1, 0.15) is 29.3 Å². The van der Waals surface area contributed by atoms with E-state index >= 15 is 0 Å². The van der Waals surface area contributed by atoms with Crippen molar-refractivity contribution in [3.63, 3.8) is 0 Å². The van der Waals surface area contributed by atoms with Crippen LogP contribution in [-0.4, -0.2) is 49.9 Å². The molecule has 0 atom stereocenters. The van der Waals surface area contributed by atoms with Gasteiger partial charge in [0.05, 0.1) is 52.3 Å². The van der Waals surface area contributed by atoms with Gasteiger partial charge in [-0.15, -0.1) is 0 Å². The Morgan fingerprint density at radius 1 is 1.28 bits per heavy atom. The van der Waals surface area contributed by atoms with Crippen LogP contribution in [-0.2, 0) is 19.6 Å². The third kappa shape index (κ3) is 5.40. The van der Waals surface area contributed by atoms with Gasteiger partial charge < -0.3 is 15.0 Å². The molecule has 1 aliphatic rings. The molecule has 1 aliphatic heterocycles. The Balaban J connectivity index is 1.84. The van der Waals surface area contributed by atoms with Crippen LogP contribution in [0.25, 0.3) is 0 Å². The summed E-state index contributed by atoms with van der Waals surface area (Å²) >= 11 is 5.28. The third-order valence-electron chi connectivity index (χ3n) is 4.58. The minimum atomic E-state index is -3.94. The van der Waals surface area contributed by atoms with Gasteiger partial charge in [0.25, 0.3) is 15.9 Å². The van der Waals surface area contributed by atoms with Crippen molar-refractivity contribution < 1.29 is 22.7 Å². The lowest BCUT2D eigenvalue weighted by Crippen LogP contribution is -2.36. The van der Waals surface area contributed by atoms with Crippen molar-refractivity contribution in [2.45, 2.75) is 18.2 Å². The van der Waals surface area contributed by atoms with E-state index in [9.17, 15) is 18.0 Å². The summed E-state index contributed by atoms with van der Waals surface area (Å²) in [5, 5.41) is 11.8. The van der Waals surface area contributed by atoms with Gasteiger partial charge in [0, 0.05) is 12.2 Å². The highest BCUT2D eigenvalue weighted by molar-refractivity contribution is 7.92. The van der Waals surface area contributed by atoms with Crippen LogP contribution in [0.2, 0.25) is 0 Å². The van der Waals surface area contributed by atoms with Crippen LogP contribution < -0.4 is 10.0 Å². The summed E-state index contributed by atoms with van der Waals surface area (Å²) in [6, 6.07) is 11.9. The Labute approximate surface area is 191 Å². The lowest BCUT2D eigenvalue weighted by molar-refractivity contribution is -0.143.